The fraction of sp³-hybridized carbons (Fsp3) is 0.235. The average Bonchev–Trinajstić information content (AvgIpc) is 2.59. The molecule has 124 valence electrons. The largest absolute Gasteiger partial charge is 0.393 e. The van der Waals surface area contributed by atoms with Gasteiger partial charge in [-0.15, -0.1) is 0 Å². The van der Waals surface area contributed by atoms with Gasteiger partial charge >= 0.3 is 0 Å². The summed E-state index contributed by atoms with van der Waals surface area (Å²) in [5, 5.41) is 7.49. The summed E-state index contributed by atoms with van der Waals surface area (Å²) in [5.41, 5.74) is 8.47. The van der Waals surface area contributed by atoms with Crippen molar-refractivity contribution in [2.75, 3.05) is 30.1 Å². The minimum Gasteiger partial charge on any atom is -0.393 e. The second-order valence-corrected chi connectivity index (χ2v) is 5.49. The number of fused-ring (bicyclic) bond motifs is 1. The minimum atomic E-state index is 0.0850. The summed E-state index contributed by atoms with van der Waals surface area (Å²) in [5.74, 6) is 1.13. The number of ether oxygens (including phenoxy) is 1. The van der Waals surface area contributed by atoms with Gasteiger partial charge in [0.15, 0.2) is 11.6 Å². The van der Waals surface area contributed by atoms with Crippen molar-refractivity contribution in [3.63, 3.8) is 0 Å². The fourth-order valence-corrected chi connectivity index (χ4v) is 2.48. The van der Waals surface area contributed by atoms with E-state index in [4.69, 9.17) is 10.5 Å². The lowest BCUT2D eigenvalue weighted by Crippen LogP contribution is -2.22. The van der Waals surface area contributed by atoms with Gasteiger partial charge in [-0.25, -0.2) is 9.97 Å². The van der Waals surface area contributed by atoms with Gasteiger partial charge in [-0.2, -0.15) is 0 Å². The van der Waals surface area contributed by atoms with Crippen molar-refractivity contribution in [2.45, 2.75) is 13.0 Å². The molecule has 0 aliphatic rings. The lowest BCUT2D eigenvalue weighted by molar-refractivity contribution is 0.190. The maximum Gasteiger partial charge on any atom is 0.159 e. The molecule has 2 aromatic heterocycles. The highest BCUT2D eigenvalue weighted by atomic mass is 16.5. The van der Waals surface area contributed by atoms with E-state index < -0.39 is 0 Å². The zero-order chi connectivity index (χ0) is 16.9. The van der Waals surface area contributed by atoms with Gasteiger partial charge in [0.05, 0.1) is 12.1 Å². The Hall–Kier alpha value is -2.93. The van der Waals surface area contributed by atoms with Gasteiger partial charge in [0.1, 0.15) is 12.0 Å². The second-order valence-electron chi connectivity index (χ2n) is 5.49. The smallest absolute Gasteiger partial charge is 0.159 e. The number of pyridine rings is 1. The monoisotopic (exact) mass is 324 g/mol. The van der Waals surface area contributed by atoms with Crippen LogP contribution in [0.2, 0.25) is 0 Å². The van der Waals surface area contributed by atoms with Crippen LogP contribution < -0.4 is 16.4 Å². The van der Waals surface area contributed by atoms with Gasteiger partial charge < -0.3 is 21.1 Å². The van der Waals surface area contributed by atoms with E-state index in [1.54, 1.807) is 13.3 Å². The number of benzene rings is 1. The van der Waals surface area contributed by atoms with Crippen molar-refractivity contribution in [2.24, 2.45) is 0 Å². The number of aromatic nitrogens is 3. The normalized spacial score (nSPS) is 12.1. The molecule has 1 atom stereocenters. The first kappa shape index (κ1) is 15.9. The molecule has 0 saturated heterocycles. The van der Waals surface area contributed by atoms with Crippen LogP contribution in [0.4, 0.5) is 23.0 Å². The van der Waals surface area contributed by atoms with Crippen LogP contribution in [0.1, 0.15) is 6.92 Å². The maximum absolute atomic E-state index is 6.21. The Labute approximate surface area is 140 Å². The van der Waals surface area contributed by atoms with Crippen molar-refractivity contribution < 1.29 is 4.74 Å². The molecule has 7 heteroatoms. The van der Waals surface area contributed by atoms with Crippen molar-refractivity contribution >= 4 is 33.9 Å². The first-order chi connectivity index (χ1) is 11.7. The zero-order valence-electron chi connectivity index (χ0n) is 13.7. The molecule has 24 heavy (non-hydrogen) atoms. The summed E-state index contributed by atoms with van der Waals surface area (Å²) in [6.07, 6.45) is 3.24. The van der Waals surface area contributed by atoms with Crippen molar-refractivity contribution in [1.82, 2.24) is 15.0 Å². The van der Waals surface area contributed by atoms with E-state index in [0.29, 0.717) is 23.9 Å². The Morgan fingerprint density at radius 2 is 1.96 bits per heavy atom. The molecule has 1 unspecified atom stereocenters. The van der Waals surface area contributed by atoms with Gasteiger partial charge in [0.25, 0.3) is 0 Å². The summed E-state index contributed by atoms with van der Waals surface area (Å²) < 4.78 is 5.12. The highest BCUT2D eigenvalue weighted by Gasteiger charge is 2.12. The molecule has 1 aromatic carbocycles. The fourth-order valence-electron chi connectivity index (χ4n) is 2.48. The van der Waals surface area contributed by atoms with Crippen LogP contribution in [0, 0.1) is 0 Å². The number of nitrogens with one attached hydrogen (secondary N) is 2. The predicted octanol–water partition coefficient (Wildman–Crippen LogP) is 2.80. The SMILES string of the molecule is COCC(C)Nc1ncnc(Nc2cccc3ncccc23)c1N. The molecule has 0 bridgehead atoms. The maximum atomic E-state index is 6.21. The summed E-state index contributed by atoms with van der Waals surface area (Å²) in [6, 6.07) is 9.85. The molecule has 0 amide bonds. The van der Waals surface area contributed by atoms with Gasteiger partial charge in [0, 0.05) is 30.4 Å². The third-order valence-corrected chi connectivity index (χ3v) is 3.58. The van der Waals surface area contributed by atoms with Crippen LogP contribution in [-0.2, 0) is 4.74 Å². The van der Waals surface area contributed by atoms with Gasteiger partial charge in [-0.3, -0.25) is 4.98 Å². The summed E-state index contributed by atoms with van der Waals surface area (Å²) in [7, 11) is 1.66. The Morgan fingerprint density at radius 3 is 2.79 bits per heavy atom. The Kier molecular flexibility index (Phi) is 4.72. The molecule has 0 saturated carbocycles. The first-order valence-electron chi connectivity index (χ1n) is 7.65. The molecule has 3 rings (SSSR count). The summed E-state index contributed by atoms with van der Waals surface area (Å²) in [6.45, 7) is 2.55. The van der Waals surface area contributed by atoms with Crippen LogP contribution >= 0.6 is 0 Å². The van der Waals surface area contributed by atoms with E-state index in [-0.39, 0.29) is 6.04 Å². The Balaban J connectivity index is 1.90. The van der Waals surface area contributed by atoms with Crippen molar-refractivity contribution in [3.8, 4) is 0 Å². The number of anilines is 4. The van der Waals surface area contributed by atoms with Crippen LogP contribution in [0.15, 0.2) is 42.9 Å². The number of rotatable bonds is 6. The average molecular weight is 324 g/mol. The molecule has 0 radical (unpaired) electrons. The number of methoxy groups -OCH3 is 1. The Bertz CT molecular complexity index is 833. The molecule has 0 aliphatic carbocycles. The topological polar surface area (TPSA) is 98.0 Å². The summed E-state index contributed by atoms with van der Waals surface area (Å²) >= 11 is 0. The molecule has 0 aliphatic heterocycles. The van der Waals surface area contributed by atoms with Crippen molar-refractivity contribution in [3.05, 3.63) is 42.9 Å². The second kappa shape index (κ2) is 7.10. The lowest BCUT2D eigenvalue weighted by Gasteiger charge is -2.17. The standard InChI is InChI=1S/C17H20N6O/c1-11(9-24-2)22-16-15(18)17(21-10-20-16)23-14-7-3-6-13-12(14)5-4-8-19-13/h3-8,10-11H,9,18H2,1-2H3,(H2,20,21,22,23). The lowest BCUT2D eigenvalue weighted by atomic mass is 10.2. The molecule has 4 N–H and O–H groups in total. The van der Waals surface area contributed by atoms with Crippen molar-refractivity contribution in [1.29, 1.82) is 0 Å². The van der Waals surface area contributed by atoms with Gasteiger partial charge in [0.2, 0.25) is 0 Å². The molecule has 3 aromatic rings. The molecule has 7 nitrogen and oxygen atoms in total. The zero-order valence-corrected chi connectivity index (χ0v) is 13.7. The first-order valence-corrected chi connectivity index (χ1v) is 7.65. The van der Waals surface area contributed by atoms with E-state index in [1.807, 2.05) is 37.3 Å². The van der Waals surface area contributed by atoms with E-state index in [1.165, 1.54) is 6.33 Å². The molecular weight excluding hydrogens is 304 g/mol. The third kappa shape index (κ3) is 3.36. The van der Waals surface area contributed by atoms with Gasteiger partial charge in [-0.05, 0) is 31.2 Å². The highest BCUT2D eigenvalue weighted by molar-refractivity contribution is 5.94. The van der Waals surface area contributed by atoms with Crippen LogP contribution in [0.3, 0.4) is 0 Å². The highest BCUT2D eigenvalue weighted by Crippen LogP contribution is 2.29. The number of hydrogen-bond donors (Lipinski definition) is 3. The van der Waals surface area contributed by atoms with Crippen LogP contribution in [0.5, 0.6) is 0 Å². The molecule has 2 heterocycles. The summed E-state index contributed by atoms with van der Waals surface area (Å²) in [4.78, 5) is 12.8. The van der Waals surface area contributed by atoms with Crippen LogP contribution in [0.25, 0.3) is 10.9 Å². The molecular formula is C17H20N6O. The third-order valence-electron chi connectivity index (χ3n) is 3.58. The van der Waals surface area contributed by atoms with E-state index in [0.717, 1.165) is 16.6 Å². The predicted molar refractivity (Wildman–Crippen MR) is 96.4 cm³/mol. The van der Waals surface area contributed by atoms with E-state index >= 15 is 0 Å². The molecule has 0 spiro atoms. The number of nitrogens with zero attached hydrogens (tertiary/aromatic N) is 3. The minimum absolute atomic E-state index is 0.0850. The quantitative estimate of drug-likeness (QED) is 0.641. The number of nitrogens with two attached hydrogens (primary N) is 1. The van der Waals surface area contributed by atoms with Crippen LogP contribution in [-0.4, -0.2) is 34.7 Å². The van der Waals surface area contributed by atoms with E-state index in [9.17, 15) is 0 Å². The number of nitrogen functional groups attached to an aromatic ring is 1. The molecule has 0 fully saturated rings. The number of hydrogen-bond acceptors (Lipinski definition) is 7. The Morgan fingerprint density at radius 1 is 1.12 bits per heavy atom. The van der Waals surface area contributed by atoms with Gasteiger partial charge in [-0.1, -0.05) is 6.07 Å². The van der Waals surface area contributed by atoms with E-state index in [2.05, 4.69) is 25.6 Å².